The molecule has 0 atom stereocenters. The first-order valence-electron chi connectivity index (χ1n) is 7.48. The van der Waals surface area contributed by atoms with Gasteiger partial charge in [0.1, 0.15) is 0 Å². The Hall–Kier alpha value is -3.59. The van der Waals surface area contributed by atoms with Gasteiger partial charge in [0.25, 0.3) is 11.6 Å². The third kappa shape index (κ3) is 4.08. The van der Waals surface area contributed by atoms with E-state index in [0.29, 0.717) is 5.56 Å². The zero-order chi connectivity index (χ0) is 18.4. The van der Waals surface area contributed by atoms with E-state index in [1.807, 2.05) is 17.5 Å². The lowest BCUT2D eigenvalue weighted by molar-refractivity contribution is -0.385. The van der Waals surface area contributed by atoms with Crippen molar-refractivity contribution in [1.82, 2.24) is 15.6 Å². The summed E-state index contributed by atoms with van der Waals surface area (Å²) in [4.78, 5) is 23.4. The van der Waals surface area contributed by atoms with E-state index in [-0.39, 0.29) is 11.4 Å². The molecule has 26 heavy (non-hydrogen) atoms. The first-order valence-corrected chi connectivity index (χ1v) is 8.36. The van der Waals surface area contributed by atoms with Gasteiger partial charge in [-0.2, -0.15) is 10.2 Å². The third-order valence-corrected chi connectivity index (χ3v) is 4.24. The molecule has 3 rings (SSSR count). The standard InChI is InChI=1S/C17H13N5O3S/c23-17(14-11-13(19-20-14)16-8-4-10-26-16)21-18-9-3-6-12-5-1-2-7-15(12)22(24)25/h1-11H,(H,19,20)(H,21,23)/b6-3+,18-9+. The summed E-state index contributed by atoms with van der Waals surface area (Å²) in [6, 6.07) is 11.8. The molecule has 0 spiro atoms. The number of H-pyrrole nitrogens is 1. The summed E-state index contributed by atoms with van der Waals surface area (Å²) in [7, 11) is 0. The summed E-state index contributed by atoms with van der Waals surface area (Å²) in [6.07, 6.45) is 4.38. The zero-order valence-corrected chi connectivity index (χ0v) is 14.1. The highest BCUT2D eigenvalue weighted by molar-refractivity contribution is 7.13. The topological polar surface area (TPSA) is 113 Å². The van der Waals surface area contributed by atoms with Gasteiger partial charge in [0.05, 0.1) is 21.1 Å². The van der Waals surface area contributed by atoms with E-state index >= 15 is 0 Å². The number of rotatable bonds is 6. The molecule has 9 heteroatoms. The largest absolute Gasteiger partial charge is 0.291 e. The Balaban J connectivity index is 1.59. The normalized spacial score (nSPS) is 11.2. The molecule has 0 fully saturated rings. The number of aromatic nitrogens is 2. The van der Waals surface area contributed by atoms with Gasteiger partial charge in [-0.15, -0.1) is 11.3 Å². The van der Waals surface area contributed by atoms with Gasteiger partial charge in [-0.3, -0.25) is 20.0 Å². The average Bonchev–Trinajstić information content (AvgIpc) is 3.33. The molecule has 3 aromatic rings. The van der Waals surface area contributed by atoms with Crippen LogP contribution in [0.15, 0.2) is 59.0 Å². The molecule has 0 bridgehead atoms. The predicted molar refractivity (Wildman–Crippen MR) is 100.0 cm³/mol. The van der Waals surface area contributed by atoms with Gasteiger partial charge >= 0.3 is 0 Å². The van der Waals surface area contributed by atoms with E-state index in [1.54, 1.807) is 24.3 Å². The van der Waals surface area contributed by atoms with Crippen molar-refractivity contribution < 1.29 is 9.72 Å². The quantitative estimate of drug-likeness (QED) is 0.394. The number of carbonyl (C=O) groups is 1. The fourth-order valence-electron chi connectivity index (χ4n) is 2.13. The van der Waals surface area contributed by atoms with Crippen molar-refractivity contribution in [2.45, 2.75) is 0 Å². The molecule has 0 radical (unpaired) electrons. The van der Waals surface area contributed by atoms with Crippen molar-refractivity contribution in [3.05, 3.63) is 75.3 Å². The summed E-state index contributed by atoms with van der Waals surface area (Å²) in [6.45, 7) is 0. The lowest BCUT2D eigenvalue weighted by Gasteiger charge is -1.95. The molecule has 2 aromatic heterocycles. The molecule has 0 aliphatic carbocycles. The summed E-state index contributed by atoms with van der Waals surface area (Å²) in [5.41, 5.74) is 3.76. The van der Waals surface area contributed by atoms with Gasteiger partial charge in [0.15, 0.2) is 5.69 Å². The van der Waals surface area contributed by atoms with Gasteiger partial charge in [-0.1, -0.05) is 18.2 Å². The summed E-state index contributed by atoms with van der Waals surface area (Å²) in [5.74, 6) is -0.459. The van der Waals surface area contributed by atoms with Gasteiger partial charge in [0, 0.05) is 12.3 Å². The molecule has 1 aromatic carbocycles. The maximum Gasteiger partial charge on any atom is 0.291 e. The van der Waals surface area contributed by atoms with E-state index in [0.717, 1.165) is 10.6 Å². The van der Waals surface area contributed by atoms with Crippen LogP contribution in [-0.4, -0.2) is 27.2 Å². The van der Waals surface area contributed by atoms with Crippen LogP contribution in [0.5, 0.6) is 0 Å². The van der Waals surface area contributed by atoms with Crippen LogP contribution < -0.4 is 5.43 Å². The summed E-state index contributed by atoms with van der Waals surface area (Å²) >= 11 is 1.54. The second-order valence-electron chi connectivity index (χ2n) is 5.04. The Morgan fingerprint density at radius 2 is 2.15 bits per heavy atom. The molecular formula is C17H13N5O3S. The van der Waals surface area contributed by atoms with E-state index in [1.165, 1.54) is 35.8 Å². The van der Waals surface area contributed by atoms with Crippen LogP contribution in [0.25, 0.3) is 16.6 Å². The van der Waals surface area contributed by atoms with Crippen LogP contribution >= 0.6 is 11.3 Å². The lowest BCUT2D eigenvalue weighted by atomic mass is 10.2. The molecule has 0 unspecified atom stereocenters. The number of para-hydroxylation sites is 1. The number of hydrogen-bond donors (Lipinski definition) is 2. The number of carbonyl (C=O) groups excluding carboxylic acids is 1. The number of nitrogens with zero attached hydrogens (tertiary/aromatic N) is 3. The smallest absolute Gasteiger partial charge is 0.276 e. The number of amides is 1. The molecule has 0 saturated carbocycles. The number of hydrazone groups is 1. The minimum absolute atomic E-state index is 0.00110. The van der Waals surface area contributed by atoms with Crippen molar-refractivity contribution >= 4 is 35.2 Å². The Morgan fingerprint density at radius 3 is 2.92 bits per heavy atom. The highest BCUT2D eigenvalue weighted by atomic mass is 32.1. The van der Waals surface area contributed by atoms with Gasteiger partial charge in [-0.25, -0.2) is 5.43 Å². The molecule has 1 amide bonds. The van der Waals surface area contributed by atoms with Crippen molar-refractivity contribution in [2.75, 3.05) is 0 Å². The Kier molecular flexibility index (Phi) is 5.30. The minimum atomic E-state index is -0.459. The molecule has 8 nitrogen and oxygen atoms in total. The van der Waals surface area contributed by atoms with Crippen LogP contribution in [0.3, 0.4) is 0 Å². The molecule has 0 saturated heterocycles. The van der Waals surface area contributed by atoms with Gasteiger partial charge in [-0.05, 0) is 35.7 Å². The number of thiophene rings is 1. The number of nitro groups is 1. The fraction of sp³-hybridized carbons (Fsp3) is 0. The molecule has 2 heterocycles. The second-order valence-corrected chi connectivity index (χ2v) is 5.99. The van der Waals surface area contributed by atoms with Crippen LogP contribution in [0.2, 0.25) is 0 Å². The monoisotopic (exact) mass is 367 g/mol. The number of allylic oxidation sites excluding steroid dienone is 1. The fourth-order valence-corrected chi connectivity index (χ4v) is 2.83. The highest BCUT2D eigenvalue weighted by Crippen LogP contribution is 2.22. The van der Waals surface area contributed by atoms with Crippen molar-refractivity contribution in [2.24, 2.45) is 5.10 Å². The Morgan fingerprint density at radius 1 is 1.31 bits per heavy atom. The van der Waals surface area contributed by atoms with E-state index in [4.69, 9.17) is 0 Å². The molecule has 0 aliphatic rings. The maximum atomic E-state index is 12.0. The third-order valence-electron chi connectivity index (χ3n) is 3.33. The van der Waals surface area contributed by atoms with E-state index < -0.39 is 10.8 Å². The number of hydrogen-bond acceptors (Lipinski definition) is 6. The molecular weight excluding hydrogens is 354 g/mol. The van der Waals surface area contributed by atoms with Crippen molar-refractivity contribution in [1.29, 1.82) is 0 Å². The number of nitrogens with one attached hydrogen (secondary N) is 2. The Bertz CT molecular complexity index is 976. The summed E-state index contributed by atoms with van der Waals surface area (Å²) < 4.78 is 0. The van der Waals surface area contributed by atoms with Crippen LogP contribution in [-0.2, 0) is 0 Å². The molecule has 2 N–H and O–H groups in total. The van der Waals surface area contributed by atoms with E-state index in [2.05, 4.69) is 20.7 Å². The average molecular weight is 367 g/mol. The van der Waals surface area contributed by atoms with E-state index in [9.17, 15) is 14.9 Å². The summed E-state index contributed by atoms with van der Waals surface area (Å²) in [5, 5.41) is 23.4. The second kappa shape index (κ2) is 7.99. The maximum absolute atomic E-state index is 12.0. The van der Waals surface area contributed by atoms with Crippen LogP contribution in [0.1, 0.15) is 16.1 Å². The molecule has 130 valence electrons. The van der Waals surface area contributed by atoms with Crippen molar-refractivity contribution in [3.63, 3.8) is 0 Å². The predicted octanol–water partition coefficient (Wildman–Crippen LogP) is 3.48. The van der Waals surface area contributed by atoms with Gasteiger partial charge in [0.2, 0.25) is 0 Å². The lowest BCUT2D eigenvalue weighted by Crippen LogP contribution is -2.17. The number of aromatic amines is 1. The van der Waals surface area contributed by atoms with Gasteiger partial charge < -0.3 is 0 Å². The zero-order valence-electron chi connectivity index (χ0n) is 13.3. The number of nitro benzene ring substituents is 1. The Labute approximate surface area is 152 Å². The van der Waals surface area contributed by atoms with Crippen LogP contribution in [0, 0.1) is 10.1 Å². The SMILES string of the molecule is O=C(N/N=C/C=C/c1ccccc1[N+](=O)[O-])c1cc(-c2cccs2)[nH]n1. The van der Waals surface area contributed by atoms with Crippen LogP contribution in [0.4, 0.5) is 5.69 Å². The highest BCUT2D eigenvalue weighted by Gasteiger charge is 2.11. The number of benzene rings is 1. The van der Waals surface area contributed by atoms with Crippen molar-refractivity contribution in [3.8, 4) is 10.6 Å². The molecule has 0 aliphatic heterocycles. The first kappa shape index (κ1) is 17.2. The minimum Gasteiger partial charge on any atom is -0.276 e. The first-order chi connectivity index (χ1) is 12.6.